The SMILES string of the molecule is C=C(Nc1ccccc1)NC(CCC(N)=O)C(=C)NC(C)CSC/C=C(\C)CC/C=C(\C)CCC=C(C)C. The number of anilines is 1. The van der Waals surface area contributed by atoms with E-state index in [9.17, 15) is 4.79 Å². The topological polar surface area (TPSA) is 79.2 Å². The summed E-state index contributed by atoms with van der Waals surface area (Å²) in [6.45, 7) is 19.2. The summed E-state index contributed by atoms with van der Waals surface area (Å²) in [6.07, 6.45) is 12.3. The van der Waals surface area contributed by atoms with Crippen molar-refractivity contribution in [1.82, 2.24) is 10.6 Å². The van der Waals surface area contributed by atoms with Gasteiger partial charge in [0.25, 0.3) is 0 Å². The second-order valence-electron chi connectivity index (χ2n) is 10.2. The lowest BCUT2D eigenvalue weighted by Gasteiger charge is -2.27. The fourth-order valence-corrected chi connectivity index (χ4v) is 4.78. The van der Waals surface area contributed by atoms with Crippen LogP contribution in [-0.2, 0) is 4.79 Å². The summed E-state index contributed by atoms with van der Waals surface area (Å²) in [4.78, 5) is 11.4. The molecule has 0 bridgehead atoms. The summed E-state index contributed by atoms with van der Waals surface area (Å²) >= 11 is 1.90. The van der Waals surface area contributed by atoms with Crippen LogP contribution in [0.25, 0.3) is 0 Å². The maximum Gasteiger partial charge on any atom is 0.217 e. The average Bonchev–Trinajstić information content (AvgIpc) is 2.84. The Hall–Kier alpha value is -2.86. The number of hydrogen-bond donors (Lipinski definition) is 4. The Balaban J connectivity index is 2.43. The number of benzene rings is 1. The molecule has 0 saturated carbocycles. The summed E-state index contributed by atoms with van der Waals surface area (Å²) in [6, 6.07) is 9.90. The number of allylic oxidation sites excluding steroid dienone is 5. The molecule has 5 N–H and O–H groups in total. The van der Waals surface area contributed by atoms with Crippen molar-refractivity contribution in [3.8, 4) is 0 Å². The van der Waals surface area contributed by atoms with Crippen LogP contribution in [0.4, 0.5) is 5.69 Å². The van der Waals surface area contributed by atoms with Crippen molar-refractivity contribution in [2.45, 2.75) is 85.2 Å². The van der Waals surface area contributed by atoms with Gasteiger partial charge in [-0.1, -0.05) is 66.3 Å². The van der Waals surface area contributed by atoms with E-state index in [2.05, 4.69) is 82.0 Å². The van der Waals surface area contributed by atoms with Crippen LogP contribution in [-0.4, -0.2) is 29.5 Å². The molecule has 0 fully saturated rings. The van der Waals surface area contributed by atoms with Crippen molar-refractivity contribution in [2.24, 2.45) is 5.73 Å². The van der Waals surface area contributed by atoms with Crippen molar-refractivity contribution in [1.29, 1.82) is 0 Å². The zero-order valence-electron chi connectivity index (χ0n) is 24.2. The van der Waals surface area contributed by atoms with Crippen LogP contribution in [0.2, 0.25) is 0 Å². The van der Waals surface area contributed by atoms with Crippen LogP contribution in [0.1, 0.15) is 73.1 Å². The first-order valence-corrected chi connectivity index (χ1v) is 14.8. The van der Waals surface area contributed by atoms with E-state index < -0.39 is 0 Å². The van der Waals surface area contributed by atoms with Crippen molar-refractivity contribution in [3.63, 3.8) is 0 Å². The molecular weight excluding hydrogens is 488 g/mol. The van der Waals surface area contributed by atoms with Crippen LogP contribution in [0.3, 0.4) is 0 Å². The summed E-state index contributed by atoms with van der Waals surface area (Å²) in [7, 11) is 0. The van der Waals surface area contributed by atoms with Gasteiger partial charge >= 0.3 is 0 Å². The van der Waals surface area contributed by atoms with Crippen molar-refractivity contribution < 1.29 is 4.79 Å². The maximum absolute atomic E-state index is 11.4. The summed E-state index contributed by atoms with van der Waals surface area (Å²) in [5, 5.41) is 10.1. The minimum atomic E-state index is -0.327. The van der Waals surface area contributed by atoms with E-state index in [0.29, 0.717) is 12.2 Å². The molecule has 0 saturated heterocycles. The number of carbonyl (C=O) groups excluding carboxylic acids is 1. The Morgan fingerprint density at radius 2 is 1.58 bits per heavy atom. The van der Waals surface area contributed by atoms with Crippen LogP contribution in [0, 0.1) is 0 Å². The van der Waals surface area contributed by atoms with Crippen molar-refractivity contribution >= 4 is 23.4 Å². The fourth-order valence-electron chi connectivity index (χ4n) is 3.81. The molecule has 210 valence electrons. The second-order valence-corrected chi connectivity index (χ2v) is 11.3. The number of hydrogen-bond acceptors (Lipinski definition) is 5. The quantitative estimate of drug-likeness (QED) is 0.102. The highest BCUT2D eigenvalue weighted by atomic mass is 32.2. The molecule has 6 heteroatoms. The molecule has 5 nitrogen and oxygen atoms in total. The number of nitrogens with two attached hydrogens (primary N) is 1. The van der Waals surface area contributed by atoms with Crippen LogP contribution in [0.5, 0.6) is 0 Å². The zero-order valence-corrected chi connectivity index (χ0v) is 25.1. The smallest absolute Gasteiger partial charge is 0.217 e. The van der Waals surface area contributed by atoms with E-state index in [0.717, 1.165) is 48.6 Å². The number of nitrogens with one attached hydrogen (secondary N) is 3. The first kappa shape index (κ1) is 33.2. The molecule has 0 aliphatic rings. The van der Waals surface area contributed by atoms with E-state index in [1.54, 1.807) is 0 Å². The molecule has 1 aromatic carbocycles. The van der Waals surface area contributed by atoms with Gasteiger partial charge in [-0.15, -0.1) is 0 Å². The van der Waals surface area contributed by atoms with Gasteiger partial charge in [0.2, 0.25) is 5.91 Å². The van der Waals surface area contributed by atoms with Gasteiger partial charge in [-0.2, -0.15) is 11.8 Å². The Labute approximate surface area is 236 Å². The number of rotatable bonds is 20. The number of thioether (sulfide) groups is 1. The van der Waals surface area contributed by atoms with Gasteiger partial charge in [0, 0.05) is 35.4 Å². The first-order chi connectivity index (χ1) is 18.1. The highest BCUT2D eigenvalue weighted by molar-refractivity contribution is 7.99. The van der Waals surface area contributed by atoms with Gasteiger partial charge in [0.15, 0.2) is 0 Å². The van der Waals surface area contributed by atoms with E-state index in [1.165, 1.54) is 16.7 Å². The highest BCUT2D eigenvalue weighted by Crippen LogP contribution is 2.15. The molecule has 1 rings (SSSR count). The molecule has 0 radical (unpaired) electrons. The van der Waals surface area contributed by atoms with Crippen LogP contribution < -0.4 is 21.7 Å². The van der Waals surface area contributed by atoms with E-state index in [1.807, 2.05) is 42.1 Å². The molecule has 2 unspecified atom stereocenters. The van der Waals surface area contributed by atoms with Gasteiger partial charge in [-0.3, -0.25) is 4.79 Å². The fraction of sp³-hybridized carbons (Fsp3) is 0.469. The predicted molar refractivity (Wildman–Crippen MR) is 169 cm³/mol. The largest absolute Gasteiger partial charge is 0.384 e. The van der Waals surface area contributed by atoms with E-state index in [4.69, 9.17) is 5.73 Å². The Morgan fingerprint density at radius 1 is 0.947 bits per heavy atom. The van der Waals surface area contributed by atoms with Crippen molar-refractivity contribution in [3.05, 3.63) is 90.0 Å². The molecule has 1 aromatic rings. The van der Waals surface area contributed by atoms with Crippen molar-refractivity contribution in [2.75, 3.05) is 16.8 Å². The summed E-state index contributed by atoms with van der Waals surface area (Å²) in [5.74, 6) is 2.27. The molecule has 0 aliphatic heterocycles. The Kier molecular flexibility index (Phi) is 16.8. The van der Waals surface area contributed by atoms with Gasteiger partial charge in [0.1, 0.15) is 0 Å². The lowest BCUT2D eigenvalue weighted by molar-refractivity contribution is -0.118. The molecular formula is C32H50N4OS. The standard InChI is InChI=1S/C32H50N4OS/c1-24(2)13-11-14-25(3)15-12-16-26(4)21-22-38-23-27(5)34-28(6)31(19-20-32(33)37)36-29(7)35-30-17-9-8-10-18-30/h8-10,13,15,17-18,21,27,31,34-36H,6-7,11-12,14,16,19-20,22-23H2,1-5H3,(H2,33,37)/b25-15+,26-21+. The molecule has 0 aliphatic carbocycles. The Bertz CT molecular complexity index is 961. The Morgan fingerprint density at radius 3 is 2.21 bits per heavy atom. The third kappa shape index (κ3) is 16.8. The number of primary amides is 1. The maximum atomic E-state index is 11.4. The average molecular weight is 539 g/mol. The normalized spacial score (nSPS) is 13.3. The molecule has 0 heterocycles. The molecule has 0 aromatic heterocycles. The van der Waals surface area contributed by atoms with Crippen LogP contribution in [0.15, 0.2) is 90.0 Å². The van der Waals surface area contributed by atoms with Gasteiger partial charge < -0.3 is 21.7 Å². The zero-order chi connectivity index (χ0) is 28.3. The highest BCUT2D eigenvalue weighted by Gasteiger charge is 2.16. The third-order valence-corrected chi connectivity index (χ3v) is 7.13. The minimum Gasteiger partial charge on any atom is -0.384 e. The predicted octanol–water partition coefficient (Wildman–Crippen LogP) is 7.44. The van der Waals surface area contributed by atoms with E-state index in [-0.39, 0.29) is 24.4 Å². The van der Waals surface area contributed by atoms with Crippen LogP contribution >= 0.6 is 11.8 Å². The molecule has 1 amide bonds. The minimum absolute atomic E-state index is 0.167. The molecule has 2 atom stereocenters. The lowest BCUT2D eigenvalue weighted by atomic mass is 10.1. The summed E-state index contributed by atoms with van der Waals surface area (Å²) in [5.41, 5.74) is 11.5. The number of para-hydroxylation sites is 1. The summed E-state index contributed by atoms with van der Waals surface area (Å²) < 4.78 is 0. The second kappa shape index (κ2) is 19.2. The third-order valence-electron chi connectivity index (χ3n) is 5.99. The lowest BCUT2D eigenvalue weighted by Crippen LogP contribution is -2.41. The monoisotopic (exact) mass is 538 g/mol. The van der Waals surface area contributed by atoms with E-state index >= 15 is 0 Å². The van der Waals surface area contributed by atoms with Gasteiger partial charge in [-0.25, -0.2) is 0 Å². The number of amides is 1. The molecule has 0 spiro atoms. The molecule has 38 heavy (non-hydrogen) atoms. The first-order valence-electron chi connectivity index (χ1n) is 13.6. The van der Waals surface area contributed by atoms with Gasteiger partial charge in [0.05, 0.1) is 11.9 Å². The number of carbonyl (C=O) groups is 1. The van der Waals surface area contributed by atoms with Gasteiger partial charge in [-0.05, 0) is 78.9 Å².